The summed E-state index contributed by atoms with van der Waals surface area (Å²) in [5.41, 5.74) is 2.25. The van der Waals surface area contributed by atoms with Crippen LogP contribution in [0.25, 0.3) is 0 Å². The van der Waals surface area contributed by atoms with Crippen molar-refractivity contribution in [1.29, 1.82) is 0 Å². The van der Waals surface area contributed by atoms with Gasteiger partial charge in [0.2, 0.25) is 11.8 Å². The summed E-state index contributed by atoms with van der Waals surface area (Å²) in [6.07, 6.45) is 7.18. The van der Waals surface area contributed by atoms with Crippen LogP contribution in [0.3, 0.4) is 0 Å². The topological polar surface area (TPSA) is 49.9 Å². The van der Waals surface area contributed by atoms with Gasteiger partial charge in [0.15, 0.2) is 0 Å². The molecule has 2 aliphatic rings. The van der Waals surface area contributed by atoms with E-state index in [9.17, 15) is 9.59 Å². The molecule has 27 heavy (non-hydrogen) atoms. The van der Waals surface area contributed by atoms with Gasteiger partial charge in [-0.2, -0.15) is 0 Å². The lowest BCUT2D eigenvalue weighted by molar-refractivity contribution is -0.135. The first-order chi connectivity index (χ1) is 13.1. The normalized spacial score (nSPS) is 20.2. The summed E-state index contributed by atoms with van der Waals surface area (Å²) in [7, 11) is 1.68. The van der Waals surface area contributed by atoms with Crippen molar-refractivity contribution < 1.29 is 14.3 Å². The van der Waals surface area contributed by atoms with Crippen LogP contribution in [0.2, 0.25) is 0 Å². The predicted molar refractivity (Wildman–Crippen MR) is 106 cm³/mol. The standard InChI is InChI=1S/C22H32N2O3/c1-17-8-9-18(16-20(17)27-2)10-11-22(26)24-14-4-3-6-19(24)12-15-23-13-5-7-21(23)25/h8-9,16,19H,3-7,10-15H2,1-2H3. The van der Waals surface area contributed by atoms with E-state index in [1.165, 1.54) is 6.42 Å². The Labute approximate surface area is 162 Å². The highest BCUT2D eigenvalue weighted by Crippen LogP contribution is 2.24. The zero-order valence-electron chi connectivity index (χ0n) is 16.7. The van der Waals surface area contributed by atoms with Crippen molar-refractivity contribution in [2.24, 2.45) is 0 Å². The molecule has 3 rings (SSSR count). The second-order valence-corrected chi connectivity index (χ2v) is 7.81. The van der Waals surface area contributed by atoms with Gasteiger partial charge in [-0.1, -0.05) is 12.1 Å². The molecule has 148 valence electrons. The molecule has 5 nitrogen and oxygen atoms in total. The SMILES string of the molecule is COc1cc(CCC(=O)N2CCCCC2CCN2CCCC2=O)ccc1C. The highest BCUT2D eigenvalue weighted by Gasteiger charge is 2.28. The lowest BCUT2D eigenvalue weighted by Crippen LogP contribution is -2.45. The summed E-state index contributed by atoms with van der Waals surface area (Å²) < 4.78 is 5.39. The van der Waals surface area contributed by atoms with Crippen LogP contribution in [0.1, 0.15) is 56.1 Å². The van der Waals surface area contributed by atoms with Crippen LogP contribution in [-0.4, -0.2) is 54.4 Å². The first-order valence-electron chi connectivity index (χ1n) is 10.3. The summed E-state index contributed by atoms with van der Waals surface area (Å²) in [6.45, 7) is 4.56. The Balaban J connectivity index is 1.54. The third kappa shape index (κ3) is 5.02. The van der Waals surface area contributed by atoms with E-state index in [0.717, 1.165) is 68.6 Å². The van der Waals surface area contributed by atoms with Crippen LogP contribution >= 0.6 is 0 Å². The molecule has 0 aromatic heterocycles. The Hall–Kier alpha value is -2.04. The molecule has 2 heterocycles. The van der Waals surface area contributed by atoms with Crippen LogP contribution in [0.15, 0.2) is 18.2 Å². The van der Waals surface area contributed by atoms with Gasteiger partial charge in [-0.15, -0.1) is 0 Å². The van der Waals surface area contributed by atoms with Gasteiger partial charge in [0.25, 0.3) is 0 Å². The molecular weight excluding hydrogens is 340 g/mol. The van der Waals surface area contributed by atoms with Crippen molar-refractivity contribution >= 4 is 11.8 Å². The first-order valence-corrected chi connectivity index (χ1v) is 10.3. The molecule has 2 saturated heterocycles. The fourth-order valence-corrected chi connectivity index (χ4v) is 4.29. The van der Waals surface area contributed by atoms with E-state index < -0.39 is 0 Å². The van der Waals surface area contributed by atoms with Crippen molar-refractivity contribution in [2.75, 3.05) is 26.7 Å². The molecule has 5 heteroatoms. The molecule has 1 atom stereocenters. The number of methoxy groups -OCH3 is 1. The second-order valence-electron chi connectivity index (χ2n) is 7.81. The van der Waals surface area contributed by atoms with Crippen LogP contribution in [0.4, 0.5) is 0 Å². The monoisotopic (exact) mass is 372 g/mol. The summed E-state index contributed by atoms with van der Waals surface area (Å²) in [6, 6.07) is 6.45. The predicted octanol–water partition coefficient (Wildman–Crippen LogP) is 3.33. The average Bonchev–Trinajstić information content (AvgIpc) is 3.10. The Morgan fingerprint density at radius 1 is 1.22 bits per heavy atom. The number of amides is 2. The minimum atomic E-state index is 0.243. The van der Waals surface area contributed by atoms with Gasteiger partial charge in [-0.05, 0) is 62.6 Å². The van der Waals surface area contributed by atoms with Gasteiger partial charge in [0, 0.05) is 38.5 Å². The molecule has 0 radical (unpaired) electrons. The lowest BCUT2D eigenvalue weighted by atomic mass is 9.98. The Bertz CT molecular complexity index is 674. The minimum absolute atomic E-state index is 0.243. The van der Waals surface area contributed by atoms with E-state index >= 15 is 0 Å². The van der Waals surface area contributed by atoms with E-state index in [0.29, 0.717) is 12.8 Å². The smallest absolute Gasteiger partial charge is 0.223 e. The summed E-state index contributed by atoms with van der Waals surface area (Å²) in [5, 5.41) is 0. The highest BCUT2D eigenvalue weighted by molar-refractivity contribution is 5.78. The molecule has 2 fully saturated rings. The number of piperidine rings is 1. The van der Waals surface area contributed by atoms with Crippen molar-refractivity contribution in [1.82, 2.24) is 9.80 Å². The van der Waals surface area contributed by atoms with Crippen molar-refractivity contribution in [3.8, 4) is 5.75 Å². The van der Waals surface area contributed by atoms with Crippen LogP contribution in [0.5, 0.6) is 5.75 Å². The molecule has 1 unspecified atom stereocenters. The van der Waals surface area contributed by atoms with E-state index in [2.05, 4.69) is 17.0 Å². The van der Waals surface area contributed by atoms with Crippen LogP contribution in [0, 0.1) is 6.92 Å². The fraction of sp³-hybridized carbons (Fsp3) is 0.636. The number of carbonyl (C=O) groups is 2. The largest absolute Gasteiger partial charge is 0.496 e. The van der Waals surface area contributed by atoms with Gasteiger partial charge in [0.1, 0.15) is 5.75 Å². The first kappa shape index (κ1) is 19.7. The Kier molecular flexibility index (Phi) is 6.75. The molecule has 0 N–H and O–H groups in total. The Morgan fingerprint density at radius 3 is 2.81 bits per heavy atom. The number of benzene rings is 1. The molecular formula is C22H32N2O3. The van der Waals surface area contributed by atoms with E-state index in [-0.39, 0.29) is 17.9 Å². The van der Waals surface area contributed by atoms with Gasteiger partial charge in [-0.25, -0.2) is 0 Å². The van der Waals surface area contributed by atoms with Gasteiger partial charge in [0.05, 0.1) is 7.11 Å². The summed E-state index contributed by atoms with van der Waals surface area (Å²) in [4.78, 5) is 28.8. The fourth-order valence-electron chi connectivity index (χ4n) is 4.29. The lowest BCUT2D eigenvalue weighted by Gasteiger charge is -2.37. The number of ether oxygens (including phenoxy) is 1. The summed E-state index contributed by atoms with van der Waals surface area (Å²) >= 11 is 0. The highest BCUT2D eigenvalue weighted by atomic mass is 16.5. The van der Waals surface area contributed by atoms with Crippen molar-refractivity contribution in [2.45, 2.75) is 64.3 Å². The molecule has 0 saturated carbocycles. The molecule has 2 aliphatic heterocycles. The maximum Gasteiger partial charge on any atom is 0.223 e. The van der Waals surface area contributed by atoms with Crippen LogP contribution < -0.4 is 4.74 Å². The summed E-state index contributed by atoms with van der Waals surface area (Å²) in [5.74, 6) is 1.40. The molecule has 0 bridgehead atoms. The second kappa shape index (κ2) is 9.25. The van der Waals surface area contributed by atoms with Crippen molar-refractivity contribution in [3.05, 3.63) is 29.3 Å². The zero-order chi connectivity index (χ0) is 19.2. The van der Waals surface area contributed by atoms with Gasteiger partial charge in [-0.3, -0.25) is 9.59 Å². The third-order valence-electron chi connectivity index (χ3n) is 5.95. The van der Waals surface area contributed by atoms with Gasteiger partial charge >= 0.3 is 0 Å². The quantitative estimate of drug-likeness (QED) is 0.738. The average molecular weight is 373 g/mol. The number of hydrogen-bond donors (Lipinski definition) is 0. The number of likely N-dealkylation sites (tertiary alicyclic amines) is 2. The number of nitrogens with zero attached hydrogens (tertiary/aromatic N) is 2. The van der Waals surface area contributed by atoms with Crippen molar-refractivity contribution in [3.63, 3.8) is 0 Å². The van der Waals surface area contributed by atoms with E-state index in [1.807, 2.05) is 17.9 Å². The van der Waals surface area contributed by atoms with Crippen LogP contribution in [-0.2, 0) is 16.0 Å². The van der Waals surface area contributed by atoms with E-state index in [1.54, 1.807) is 7.11 Å². The maximum absolute atomic E-state index is 12.9. The van der Waals surface area contributed by atoms with Gasteiger partial charge < -0.3 is 14.5 Å². The van der Waals surface area contributed by atoms with E-state index in [4.69, 9.17) is 4.74 Å². The number of hydrogen-bond acceptors (Lipinski definition) is 3. The number of rotatable bonds is 7. The number of aryl methyl sites for hydroxylation is 2. The zero-order valence-corrected chi connectivity index (χ0v) is 16.7. The number of carbonyl (C=O) groups excluding carboxylic acids is 2. The molecule has 0 spiro atoms. The molecule has 2 amide bonds. The third-order valence-corrected chi connectivity index (χ3v) is 5.95. The molecule has 1 aromatic rings. The molecule has 0 aliphatic carbocycles. The maximum atomic E-state index is 12.9. The molecule has 1 aromatic carbocycles. The minimum Gasteiger partial charge on any atom is -0.496 e. The Morgan fingerprint density at radius 2 is 2.07 bits per heavy atom.